The zero-order valence-electron chi connectivity index (χ0n) is 13.0. The quantitative estimate of drug-likeness (QED) is 0.870. The smallest absolute Gasteiger partial charge is 0.248 e. The Labute approximate surface area is 132 Å². The number of nitrogens with zero attached hydrogens (tertiary/aromatic N) is 2. The van der Waals surface area contributed by atoms with Crippen LogP contribution < -0.4 is 5.32 Å². The molecule has 0 bridgehead atoms. The third kappa shape index (κ3) is 4.06. The molecular weight excluding hydrogens is 278 g/mol. The molecule has 0 spiro atoms. The Kier molecular flexibility index (Phi) is 5.43. The molecule has 2 heterocycles. The maximum atomic E-state index is 12.2. The van der Waals surface area contributed by atoms with Crippen LogP contribution in [-0.4, -0.2) is 67.6 Å². The first kappa shape index (κ1) is 15.5. The van der Waals surface area contributed by atoms with Gasteiger partial charge in [-0.1, -0.05) is 30.3 Å². The van der Waals surface area contributed by atoms with E-state index in [0.717, 1.165) is 51.3 Å². The van der Waals surface area contributed by atoms with Crippen LogP contribution in [0.3, 0.4) is 0 Å². The lowest BCUT2D eigenvalue weighted by Crippen LogP contribution is -2.49. The largest absolute Gasteiger partial charge is 0.367 e. The van der Waals surface area contributed by atoms with Gasteiger partial charge in [-0.25, -0.2) is 0 Å². The molecule has 0 aliphatic carbocycles. The zero-order valence-corrected chi connectivity index (χ0v) is 13.0. The first-order valence-electron chi connectivity index (χ1n) is 8.17. The van der Waals surface area contributed by atoms with Crippen molar-refractivity contribution in [3.8, 4) is 0 Å². The van der Waals surface area contributed by atoms with Crippen molar-refractivity contribution in [2.45, 2.75) is 19.1 Å². The van der Waals surface area contributed by atoms with Gasteiger partial charge < -0.3 is 15.0 Å². The summed E-state index contributed by atoms with van der Waals surface area (Å²) in [5, 5.41) is 3.37. The lowest BCUT2D eigenvalue weighted by molar-refractivity contribution is -0.135. The maximum Gasteiger partial charge on any atom is 0.248 e. The summed E-state index contributed by atoms with van der Waals surface area (Å²) in [6, 6.07) is 10.5. The van der Waals surface area contributed by atoms with Crippen LogP contribution in [0.15, 0.2) is 30.3 Å². The molecule has 3 rings (SSSR count). The summed E-state index contributed by atoms with van der Waals surface area (Å²) in [4.78, 5) is 16.7. The predicted molar refractivity (Wildman–Crippen MR) is 85.5 cm³/mol. The minimum absolute atomic E-state index is 0.119. The number of likely N-dealkylation sites (tertiary alicyclic amines) is 1. The van der Waals surface area contributed by atoms with Crippen molar-refractivity contribution in [2.24, 2.45) is 0 Å². The van der Waals surface area contributed by atoms with Gasteiger partial charge in [0, 0.05) is 45.3 Å². The highest BCUT2D eigenvalue weighted by atomic mass is 16.5. The molecule has 2 aliphatic heterocycles. The van der Waals surface area contributed by atoms with Gasteiger partial charge in [0.15, 0.2) is 0 Å². The van der Waals surface area contributed by atoms with Gasteiger partial charge in [-0.2, -0.15) is 0 Å². The molecule has 2 saturated heterocycles. The molecule has 1 unspecified atom stereocenters. The number of hydrogen-bond acceptors (Lipinski definition) is 4. The molecule has 120 valence electrons. The van der Waals surface area contributed by atoms with Crippen molar-refractivity contribution >= 4 is 5.91 Å². The van der Waals surface area contributed by atoms with E-state index in [9.17, 15) is 4.79 Å². The number of nitrogens with one attached hydrogen (secondary N) is 1. The van der Waals surface area contributed by atoms with Crippen LogP contribution in [0.4, 0.5) is 0 Å². The molecule has 2 aliphatic rings. The minimum Gasteiger partial charge on any atom is -0.367 e. The summed E-state index contributed by atoms with van der Waals surface area (Å²) in [5.41, 5.74) is 1.11. The van der Waals surface area contributed by atoms with Gasteiger partial charge in [-0.3, -0.25) is 9.69 Å². The van der Waals surface area contributed by atoms with E-state index in [4.69, 9.17) is 4.74 Å². The van der Waals surface area contributed by atoms with Crippen molar-refractivity contribution in [1.82, 2.24) is 15.1 Å². The average molecular weight is 303 g/mol. The van der Waals surface area contributed by atoms with Gasteiger partial charge in [0.25, 0.3) is 0 Å². The molecule has 0 radical (unpaired) electrons. The van der Waals surface area contributed by atoms with Crippen molar-refractivity contribution in [3.63, 3.8) is 0 Å². The van der Waals surface area contributed by atoms with Gasteiger partial charge in [0.05, 0.1) is 6.61 Å². The summed E-state index contributed by atoms with van der Waals surface area (Å²) >= 11 is 0. The number of benzene rings is 1. The Morgan fingerprint density at radius 1 is 1.18 bits per heavy atom. The average Bonchev–Trinajstić information content (AvgIpc) is 3.07. The maximum absolute atomic E-state index is 12.2. The normalized spacial score (nSPS) is 22.9. The number of ether oxygens (including phenoxy) is 1. The third-order valence-corrected chi connectivity index (χ3v) is 4.52. The second-order valence-electron chi connectivity index (χ2n) is 6.05. The SMILES string of the molecule is O=C(COCc1ccccc1)N1CCC(N2CCNCC2)C1. The summed E-state index contributed by atoms with van der Waals surface area (Å²) in [6.45, 7) is 6.71. The van der Waals surface area contributed by atoms with Crippen molar-refractivity contribution in [3.05, 3.63) is 35.9 Å². The van der Waals surface area contributed by atoms with Crippen molar-refractivity contribution in [1.29, 1.82) is 0 Å². The first-order chi connectivity index (χ1) is 10.8. The summed E-state index contributed by atoms with van der Waals surface area (Å²) in [7, 11) is 0. The van der Waals surface area contributed by atoms with Crippen LogP contribution in [0.1, 0.15) is 12.0 Å². The molecule has 1 N–H and O–H groups in total. The standard InChI is InChI=1S/C17H25N3O2/c21-17(14-22-13-15-4-2-1-3-5-15)20-9-6-16(12-20)19-10-7-18-8-11-19/h1-5,16,18H,6-14H2. The fourth-order valence-corrected chi connectivity index (χ4v) is 3.24. The molecule has 1 aromatic rings. The molecule has 2 fully saturated rings. The van der Waals surface area contributed by atoms with E-state index in [-0.39, 0.29) is 12.5 Å². The van der Waals surface area contributed by atoms with E-state index in [1.54, 1.807) is 0 Å². The summed E-state index contributed by atoms with van der Waals surface area (Å²) in [6.07, 6.45) is 1.09. The molecule has 0 saturated carbocycles. The summed E-state index contributed by atoms with van der Waals surface area (Å²) < 4.78 is 5.56. The van der Waals surface area contributed by atoms with E-state index in [2.05, 4.69) is 10.2 Å². The molecule has 1 aromatic carbocycles. The number of piperazine rings is 1. The summed E-state index contributed by atoms with van der Waals surface area (Å²) in [5.74, 6) is 0.119. The van der Waals surface area contributed by atoms with E-state index in [1.807, 2.05) is 35.2 Å². The van der Waals surface area contributed by atoms with E-state index < -0.39 is 0 Å². The van der Waals surface area contributed by atoms with Gasteiger partial charge in [-0.05, 0) is 12.0 Å². The number of carbonyl (C=O) groups excluding carboxylic acids is 1. The van der Waals surface area contributed by atoms with Gasteiger partial charge in [-0.15, -0.1) is 0 Å². The van der Waals surface area contributed by atoms with Gasteiger partial charge in [0.2, 0.25) is 5.91 Å². The number of carbonyl (C=O) groups is 1. The van der Waals surface area contributed by atoms with Gasteiger partial charge in [0.1, 0.15) is 6.61 Å². The van der Waals surface area contributed by atoms with Crippen LogP contribution in [-0.2, 0) is 16.1 Å². The number of hydrogen-bond donors (Lipinski definition) is 1. The topological polar surface area (TPSA) is 44.8 Å². The van der Waals surface area contributed by atoms with E-state index in [0.29, 0.717) is 12.6 Å². The Hall–Kier alpha value is -1.43. The third-order valence-electron chi connectivity index (χ3n) is 4.52. The number of rotatable bonds is 5. The lowest BCUT2D eigenvalue weighted by Gasteiger charge is -2.32. The van der Waals surface area contributed by atoms with Crippen LogP contribution >= 0.6 is 0 Å². The highest BCUT2D eigenvalue weighted by molar-refractivity contribution is 5.77. The fraction of sp³-hybridized carbons (Fsp3) is 0.588. The highest BCUT2D eigenvalue weighted by Gasteiger charge is 2.30. The van der Waals surface area contributed by atoms with Crippen LogP contribution in [0.25, 0.3) is 0 Å². The van der Waals surface area contributed by atoms with Crippen LogP contribution in [0, 0.1) is 0 Å². The Morgan fingerprint density at radius 3 is 2.73 bits per heavy atom. The van der Waals surface area contributed by atoms with Crippen LogP contribution in [0.2, 0.25) is 0 Å². The predicted octanol–water partition coefficient (Wildman–Crippen LogP) is 0.709. The molecule has 22 heavy (non-hydrogen) atoms. The van der Waals surface area contributed by atoms with E-state index in [1.165, 1.54) is 0 Å². The minimum atomic E-state index is 0.119. The molecule has 5 heteroatoms. The second kappa shape index (κ2) is 7.72. The molecule has 0 aromatic heterocycles. The fourth-order valence-electron chi connectivity index (χ4n) is 3.24. The van der Waals surface area contributed by atoms with E-state index >= 15 is 0 Å². The second-order valence-corrected chi connectivity index (χ2v) is 6.05. The molecular formula is C17H25N3O2. The van der Waals surface area contributed by atoms with Crippen molar-refractivity contribution < 1.29 is 9.53 Å². The first-order valence-corrected chi connectivity index (χ1v) is 8.17. The number of amides is 1. The molecule has 1 amide bonds. The lowest BCUT2D eigenvalue weighted by atomic mass is 10.2. The molecule has 1 atom stereocenters. The van der Waals surface area contributed by atoms with Gasteiger partial charge >= 0.3 is 0 Å². The Morgan fingerprint density at radius 2 is 1.95 bits per heavy atom. The van der Waals surface area contributed by atoms with Crippen LogP contribution in [0.5, 0.6) is 0 Å². The van der Waals surface area contributed by atoms with Crippen molar-refractivity contribution in [2.75, 3.05) is 45.9 Å². The molecule has 5 nitrogen and oxygen atoms in total. The Bertz CT molecular complexity index is 474. The highest BCUT2D eigenvalue weighted by Crippen LogP contribution is 2.16. The Balaban J connectivity index is 1.39. The zero-order chi connectivity index (χ0) is 15.2. The monoisotopic (exact) mass is 303 g/mol.